The van der Waals surface area contributed by atoms with Crippen LogP contribution < -0.4 is 0 Å². The molecule has 4 unspecified atom stereocenters. The van der Waals surface area contributed by atoms with Gasteiger partial charge in [0.2, 0.25) is 0 Å². The van der Waals surface area contributed by atoms with E-state index in [1.807, 2.05) is 13.8 Å². The molecule has 2 N–H and O–H groups in total. The maximum Gasteiger partial charge on any atom is 0.308 e. The number of carbonyl (C=O) groups is 1. The monoisotopic (exact) mass is 300 g/mol. The summed E-state index contributed by atoms with van der Waals surface area (Å²) in [6.07, 6.45) is 2.74. The molecule has 0 aromatic carbocycles. The number of hydrogen-bond acceptors (Lipinski definition) is 4. The van der Waals surface area contributed by atoms with Gasteiger partial charge in [-0.05, 0) is 65.2 Å². The highest BCUT2D eigenvalue weighted by atomic mass is 16.5. The van der Waals surface area contributed by atoms with E-state index in [9.17, 15) is 15.0 Å². The maximum atomic E-state index is 11.9. The fourth-order valence-electron chi connectivity index (χ4n) is 3.31. The molecular formula is C17H32O4. The van der Waals surface area contributed by atoms with Crippen molar-refractivity contribution in [3.05, 3.63) is 0 Å². The SMILES string of the molecule is CCC(C)C(=O)OC1CCC(C(C)(C)O)C(C(C)(C)O)C1. The molecular weight excluding hydrogens is 268 g/mol. The van der Waals surface area contributed by atoms with Crippen molar-refractivity contribution in [3.8, 4) is 0 Å². The first-order valence-electron chi connectivity index (χ1n) is 8.12. The Morgan fingerprint density at radius 2 is 1.67 bits per heavy atom. The first-order valence-corrected chi connectivity index (χ1v) is 8.12. The molecule has 21 heavy (non-hydrogen) atoms. The zero-order valence-corrected chi connectivity index (χ0v) is 14.3. The van der Waals surface area contributed by atoms with Crippen LogP contribution in [0.4, 0.5) is 0 Å². The molecule has 0 aliphatic heterocycles. The molecule has 0 radical (unpaired) electrons. The first kappa shape index (κ1) is 18.4. The van der Waals surface area contributed by atoms with Gasteiger partial charge in [0.05, 0.1) is 17.1 Å². The van der Waals surface area contributed by atoms with E-state index in [0.29, 0.717) is 6.42 Å². The molecule has 1 aliphatic rings. The summed E-state index contributed by atoms with van der Waals surface area (Å²) in [6.45, 7) is 11.0. The summed E-state index contributed by atoms with van der Waals surface area (Å²) >= 11 is 0. The van der Waals surface area contributed by atoms with Gasteiger partial charge in [-0.3, -0.25) is 4.79 Å². The van der Waals surface area contributed by atoms with E-state index in [-0.39, 0.29) is 29.8 Å². The molecule has 0 aromatic rings. The Morgan fingerprint density at radius 3 is 2.10 bits per heavy atom. The quantitative estimate of drug-likeness (QED) is 0.766. The van der Waals surface area contributed by atoms with Crippen molar-refractivity contribution in [2.24, 2.45) is 17.8 Å². The van der Waals surface area contributed by atoms with Crippen molar-refractivity contribution in [1.82, 2.24) is 0 Å². The second kappa shape index (κ2) is 6.66. The summed E-state index contributed by atoms with van der Waals surface area (Å²) in [5.74, 6) is -0.312. The van der Waals surface area contributed by atoms with Gasteiger partial charge < -0.3 is 14.9 Å². The molecule has 0 bridgehead atoms. The zero-order valence-electron chi connectivity index (χ0n) is 14.3. The lowest BCUT2D eigenvalue weighted by atomic mass is 9.65. The van der Waals surface area contributed by atoms with Gasteiger partial charge in [0, 0.05) is 0 Å². The van der Waals surface area contributed by atoms with Gasteiger partial charge in [-0.2, -0.15) is 0 Å². The third-order valence-corrected chi connectivity index (χ3v) is 4.91. The minimum absolute atomic E-state index is 0.0102. The van der Waals surface area contributed by atoms with Crippen molar-refractivity contribution in [2.75, 3.05) is 0 Å². The molecule has 0 spiro atoms. The molecule has 0 saturated heterocycles. The summed E-state index contributed by atoms with van der Waals surface area (Å²) in [6, 6.07) is 0. The van der Waals surface area contributed by atoms with Crippen LogP contribution in [0.25, 0.3) is 0 Å². The summed E-state index contributed by atoms with van der Waals surface area (Å²) in [7, 11) is 0. The molecule has 0 amide bonds. The van der Waals surface area contributed by atoms with Crippen molar-refractivity contribution in [2.45, 2.75) is 84.5 Å². The highest BCUT2D eigenvalue weighted by Crippen LogP contribution is 2.43. The van der Waals surface area contributed by atoms with Gasteiger partial charge in [-0.25, -0.2) is 0 Å². The average Bonchev–Trinajstić information content (AvgIpc) is 2.35. The van der Waals surface area contributed by atoms with E-state index in [0.717, 1.165) is 19.3 Å². The highest BCUT2D eigenvalue weighted by Gasteiger charge is 2.45. The third-order valence-electron chi connectivity index (χ3n) is 4.91. The lowest BCUT2D eigenvalue weighted by Crippen LogP contribution is -2.50. The van der Waals surface area contributed by atoms with E-state index in [1.54, 1.807) is 27.7 Å². The van der Waals surface area contributed by atoms with Gasteiger partial charge >= 0.3 is 5.97 Å². The number of aliphatic hydroxyl groups is 2. The standard InChI is InChI=1S/C17H32O4/c1-7-11(2)15(18)21-12-8-9-13(16(3,4)19)14(10-12)17(5,6)20/h11-14,19-20H,7-10H2,1-6H3. The second-order valence-corrected chi connectivity index (χ2v) is 7.70. The molecule has 1 fully saturated rings. The summed E-state index contributed by atoms with van der Waals surface area (Å²) < 4.78 is 5.60. The van der Waals surface area contributed by atoms with E-state index in [2.05, 4.69) is 0 Å². The van der Waals surface area contributed by atoms with E-state index in [4.69, 9.17) is 4.74 Å². The zero-order chi connectivity index (χ0) is 16.4. The van der Waals surface area contributed by atoms with Crippen LogP contribution >= 0.6 is 0 Å². The molecule has 1 saturated carbocycles. The molecule has 1 rings (SSSR count). The molecule has 4 nitrogen and oxygen atoms in total. The van der Waals surface area contributed by atoms with Crippen LogP contribution in [0.2, 0.25) is 0 Å². The molecule has 124 valence electrons. The Hall–Kier alpha value is -0.610. The largest absolute Gasteiger partial charge is 0.462 e. The van der Waals surface area contributed by atoms with Gasteiger partial charge in [0.15, 0.2) is 0 Å². The summed E-state index contributed by atoms with van der Waals surface area (Å²) in [4.78, 5) is 11.9. The minimum Gasteiger partial charge on any atom is -0.462 e. The van der Waals surface area contributed by atoms with Crippen molar-refractivity contribution < 1.29 is 19.7 Å². The number of carbonyl (C=O) groups excluding carboxylic acids is 1. The molecule has 0 heterocycles. The van der Waals surface area contributed by atoms with Crippen LogP contribution in [-0.4, -0.2) is 33.5 Å². The Morgan fingerprint density at radius 1 is 1.14 bits per heavy atom. The Labute approximate surface area is 128 Å². The number of hydrogen-bond donors (Lipinski definition) is 2. The van der Waals surface area contributed by atoms with Gasteiger partial charge in [-0.1, -0.05) is 13.8 Å². The fourth-order valence-corrected chi connectivity index (χ4v) is 3.31. The van der Waals surface area contributed by atoms with Crippen molar-refractivity contribution >= 4 is 5.97 Å². The van der Waals surface area contributed by atoms with Crippen molar-refractivity contribution in [3.63, 3.8) is 0 Å². The smallest absolute Gasteiger partial charge is 0.308 e. The van der Waals surface area contributed by atoms with Crippen LogP contribution in [0.15, 0.2) is 0 Å². The lowest BCUT2D eigenvalue weighted by Gasteiger charge is -2.46. The van der Waals surface area contributed by atoms with Gasteiger partial charge in [0.25, 0.3) is 0 Å². The summed E-state index contributed by atoms with van der Waals surface area (Å²) in [5.41, 5.74) is -1.73. The molecule has 4 heteroatoms. The Balaban J connectivity index is 2.78. The maximum absolute atomic E-state index is 11.9. The Bertz CT molecular complexity index is 351. The summed E-state index contributed by atoms with van der Waals surface area (Å²) in [5, 5.41) is 20.8. The van der Waals surface area contributed by atoms with Gasteiger partial charge in [0.1, 0.15) is 6.10 Å². The molecule has 4 atom stereocenters. The highest BCUT2D eigenvalue weighted by molar-refractivity contribution is 5.72. The normalized spacial score (nSPS) is 29.0. The lowest BCUT2D eigenvalue weighted by molar-refractivity contribution is -0.164. The van der Waals surface area contributed by atoms with Crippen molar-refractivity contribution in [1.29, 1.82) is 0 Å². The molecule has 0 aromatic heterocycles. The average molecular weight is 300 g/mol. The van der Waals surface area contributed by atoms with E-state index < -0.39 is 11.2 Å². The van der Waals surface area contributed by atoms with E-state index in [1.165, 1.54) is 0 Å². The second-order valence-electron chi connectivity index (χ2n) is 7.70. The third kappa shape index (κ3) is 4.96. The predicted octanol–water partition coefficient (Wildman–Crippen LogP) is 2.90. The number of esters is 1. The van der Waals surface area contributed by atoms with Crippen LogP contribution in [0.3, 0.4) is 0 Å². The first-order chi connectivity index (χ1) is 9.46. The van der Waals surface area contributed by atoms with E-state index >= 15 is 0 Å². The number of ether oxygens (including phenoxy) is 1. The topological polar surface area (TPSA) is 66.8 Å². The van der Waals surface area contributed by atoms with Crippen LogP contribution in [0.5, 0.6) is 0 Å². The van der Waals surface area contributed by atoms with Crippen LogP contribution in [-0.2, 0) is 9.53 Å². The van der Waals surface area contributed by atoms with Crippen LogP contribution in [0.1, 0.15) is 67.2 Å². The fraction of sp³-hybridized carbons (Fsp3) is 0.941. The van der Waals surface area contributed by atoms with Gasteiger partial charge in [-0.15, -0.1) is 0 Å². The molecule has 1 aliphatic carbocycles. The predicted molar refractivity (Wildman–Crippen MR) is 82.8 cm³/mol. The number of rotatable bonds is 5. The minimum atomic E-state index is -0.897. The van der Waals surface area contributed by atoms with Crippen LogP contribution in [0, 0.1) is 17.8 Å². The Kier molecular flexibility index (Phi) is 5.84.